The van der Waals surface area contributed by atoms with E-state index in [1.54, 1.807) is 0 Å². The van der Waals surface area contributed by atoms with Gasteiger partial charge >= 0.3 is 11.9 Å². The average Bonchev–Trinajstić information content (AvgIpc) is 2.80. The lowest BCUT2D eigenvalue weighted by Crippen LogP contribution is -2.10. The Balaban J connectivity index is 2.73. The smallest absolute Gasteiger partial charge is 0.331 e. The van der Waals surface area contributed by atoms with E-state index in [1.807, 2.05) is 0 Å². The lowest BCUT2D eigenvalue weighted by atomic mass is 9.97. The Labute approximate surface area is 75.2 Å². The third kappa shape index (κ3) is 1.96. The Kier molecular flexibility index (Phi) is 2.23. The van der Waals surface area contributed by atoms with Gasteiger partial charge in [-0.2, -0.15) is 0 Å². The van der Waals surface area contributed by atoms with Gasteiger partial charge in [0.1, 0.15) is 0 Å². The van der Waals surface area contributed by atoms with E-state index < -0.39 is 17.4 Å². The summed E-state index contributed by atoms with van der Waals surface area (Å²) in [6, 6.07) is 0. The zero-order chi connectivity index (χ0) is 10.1. The van der Waals surface area contributed by atoms with E-state index >= 15 is 0 Å². The fraction of sp³-hybridized carbons (Fsp3) is 0.333. The van der Waals surface area contributed by atoms with E-state index in [1.165, 1.54) is 6.08 Å². The van der Waals surface area contributed by atoms with Gasteiger partial charge in [-0.05, 0) is 12.8 Å². The first-order chi connectivity index (χ1) is 5.98. The number of aliphatic carboxylic acids is 2. The minimum atomic E-state index is -1.07. The van der Waals surface area contributed by atoms with Crippen molar-refractivity contribution in [2.45, 2.75) is 12.8 Å². The second kappa shape index (κ2) is 3.05. The van der Waals surface area contributed by atoms with Crippen LogP contribution in [-0.2, 0) is 9.59 Å². The number of carbonyl (C=O) groups is 2. The van der Waals surface area contributed by atoms with Crippen molar-refractivity contribution in [2.24, 2.45) is 5.41 Å². The van der Waals surface area contributed by atoms with Gasteiger partial charge < -0.3 is 10.2 Å². The molecule has 1 saturated carbocycles. The summed E-state index contributed by atoms with van der Waals surface area (Å²) in [6.07, 6.45) is 3.72. The van der Waals surface area contributed by atoms with Crippen LogP contribution < -0.4 is 0 Å². The van der Waals surface area contributed by atoms with Gasteiger partial charge in [-0.25, -0.2) is 9.59 Å². The first-order valence-corrected chi connectivity index (χ1v) is 3.83. The van der Waals surface area contributed by atoms with Crippen LogP contribution in [0.4, 0.5) is 0 Å². The van der Waals surface area contributed by atoms with Crippen LogP contribution in [0.1, 0.15) is 12.8 Å². The molecule has 1 rings (SSSR count). The number of allylic oxidation sites excluding steroid dienone is 1. The van der Waals surface area contributed by atoms with E-state index in [2.05, 4.69) is 6.58 Å². The van der Waals surface area contributed by atoms with Gasteiger partial charge in [0, 0.05) is 17.1 Å². The fourth-order valence-corrected chi connectivity index (χ4v) is 1.15. The topological polar surface area (TPSA) is 74.6 Å². The first-order valence-electron chi connectivity index (χ1n) is 3.83. The van der Waals surface area contributed by atoms with Gasteiger partial charge in [-0.1, -0.05) is 12.7 Å². The number of carboxylic acid groups (broad SMARTS) is 2. The van der Waals surface area contributed by atoms with Gasteiger partial charge in [-0.3, -0.25) is 0 Å². The molecule has 0 spiro atoms. The van der Waals surface area contributed by atoms with Gasteiger partial charge in [0.15, 0.2) is 0 Å². The molecule has 0 saturated heterocycles. The number of hydrogen-bond acceptors (Lipinski definition) is 2. The molecule has 13 heavy (non-hydrogen) atoms. The average molecular weight is 182 g/mol. The molecule has 4 heteroatoms. The summed E-state index contributed by atoms with van der Waals surface area (Å²) in [5.41, 5.74) is -0.519. The third-order valence-electron chi connectivity index (χ3n) is 2.19. The van der Waals surface area contributed by atoms with Crippen LogP contribution in [0.15, 0.2) is 24.3 Å². The molecular weight excluding hydrogens is 172 g/mol. The maximum atomic E-state index is 10.5. The Morgan fingerprint density at radius 1 is 1.31 bits per heavy atom. The molecule has 0 aromatic rings. The zero-order valence-electron chi connectivity index (χ0n) is 6.99. The van der Waals surface area contributed by atoms with Crippen LogP contribution in [0.2, 0.25) is 0 Å². The maximum Gasteiger partial charge on any atom is 0.331 e. The molecule has 0 radical (unpaired) electrons. The quantitative estimate of drug-likeness (QED) is 0.637. The van der Waals surface area contributed by atoms with E-state index in [-0.39, 0.29) is 5.57 Å². The molecule has 4 nitrogen and oxygen atoms in total. The van der Waals surface area contributed by atoms with Crippen LogP contribution in [-0.4, -0.2) is 22.2 Å². The minimum absolute atomic E-state index is 0.0741. The molecule has 70 valence electrons. The molecule has 0 heterocycles. The predicted octanol–water partition coefficient (Wildman–Crippen LogP) is 1.05. The molecule has 1 aliphatic rings. The highest BCUT2D eigenvalue weighted by Gasteiger charge is 2.45. The summed E-state index contributed by atoms with van der Waals surface area (Å²) in [4.78, 5) is 20.8. The molecule has 0 amide bonds. The van der Waals surface area contributed by atoms with Gasteiger partial charge in [0.25, 0.3) is 0 Å². The second-order valence-corrected chi connectivity index (χ2v) is 3.11. The van der Waals surface area contributed by atoms with Gasteiger partial charge in [-0.15, -0.1) is 0 Å². The Bertz CT molecular complexity index is 297. The molecule has 0 bridgehead atoms. The van der Waals surface area contributed by atoms with E-state index in [0.29, 0.717) is 12.8 Å². The lowest BCUT2D eigenvalue weighted by Gasteiger charge is -2.07. The monoisotopic (exact) mass is 182 g/mol. The summed E-state index contributed by atoms with van der Waals surface area (Å²) in [5.74, 6) is -2.13. The van der Waals surface area contributed by atoms with E-state index in [9.17, 15) is 9.59 Å². The van der Waals surface area contributed by atoms with Crippen molar-refractivity contribution in [3.63, 3.8) is 0 Å². The SMILES string of the molecule is C=C(C(=O)O)C1(C=CC(=O)O)CC1. The summed E-state index contributed by atoms with van der Waals surface area (Å²) < 4.78 is 0. The third-order valence-corrected chi connectivity index (χ3v) is 2.19. The van der Waals surface area contributed by atoms with Crippen molar-refractivity contribution in [3.8, 4) is 0 Å². The molecular formula is C9H10O4. The number of rotatable bonds is 4. The highest BCUT2D eigenvalue weighted by molar-refractivity contribution is 5.89. The summed E-state index contributed by atoms with van der Waals surface area (Å²) in [7, 11) is 0. The maximum absolute atomic E-state index is 10.5. The second-order valence-electron chi connectivity index (χ2n) is 3.11. The standard InChI is InChI=1S/C9H10O4/c1-6(8(12)13)9(4-5-9)3-2-7(10)11/h2-3H,1,4-5H2,(H,10,11)(H,12,13). The van der Waals surface area contributed by atoms with Crippen molar-refractivity contribution in [1.29, 1.82) is 0 Å². The zero-order valence-corrected chi connectivity index (χ0v) is 6.99. The largest absolute Gasteiger partial charge is 0.478 e. The van der Waals surface area contributed by atoms with Crippen LogP contribution >= 0.6 is 0 Å². The Morgan fingerprint density at radius 2 is 1.85 bits per heavy atom. The molecule has 0 aromatic carbocycles. The Morgan fingerprint density at radius 3 is 2.15 bits per heavy atom. The Hall–Kier alpha value is -1.58. The molecule has 0 atom stereocenters. The minimum Gasteiger partial charge on any atom is -0.478 e. The summed E-state index contributed by atoms with van der Waals surface area (Å²) in [5, 5.41) is 17.0. The molecule has 0 aromatic heterocycles. The highest BCUT2D eigenvalue weighted by atomic mass is 16.4. The highest BCUT2D eigenvalue weighted by Crippen LogP contribution is 2.52. The number of carboxylic acids is 2. The van der Waals surface area contributed by atoms with Gasteiger partial charge in [0.2, 0.25) is 0 Å². The van der Waals surface area contributed by atoms with Crippen LogP contribution in [0.3, 0.4) is 0 Å². The molecule has 0 unspecified atom stereocenters. The molecule has 0 aliphatic heterocycles. The normalized spacial score (nSPS) is 18.5. The van der Waals surface area contributed by atoms with E-state index in [0.717, 1.165) is 6.08 Å². The van der Waals surface area contributed by atoms with Crippen LogP contribution in [0.25, 0.3) is 0 Å². The van der Waals surface area contributed by atoms with Crippen molar-refractivity contribution < 1.29 is 19.8 Å². The summed E-state index contributed by atoms with van der Waals surface area (Å²) in [6.45, 7) is 3.42. The first kappa shape index (κ1) is 9.51. The van der Waals surface area contributed by atoms with Crippen molar-refractivity contribution in [2.75, 3.05) is 0 Å². The molecule has 1 aliphatic carbocycles. The molecule has 2 N–H and O–H groups in total. The predicted molar refractivity (Wildman–Crippen MR) is 45.2 cm³/mol. The number of hydrogen-bond donors (Lipinski definition) is 2. The lowest BCUT2D eigenvalue weighted by molar-refractivity contribution is -0.133. The molecule has 1 fully saturated rings. The van der Waals surface area contributed by atoms with Crippen LogP contribution in [0.5, 0.6) is 0 Å². The van der Waals surface area contributed by atoms with Crippen molar-refractivity contribution >= 4 is 11.9 Å². The van der Waals surface area contributed by atoms with Crippen molar-refractivity contribution in [1.82, 2.24) is 0 Å². The van der Waals surface area contributed by atoms with Crippen molar-refractivity contribution in [3.05, 3.63) is 24.3 Å². The summed E-state index contributed by atoms with van der Waals surface area (Å²) >= 11 is 0. The van der Waals surface area contributed by atoms with Crippen LogP contribution in [0, 0.1) is 5.41 Å². The van der Waals surface area contributed by atoms with Gasteiger partial charge in [0.05, 0.1) is 0 Å². The van der Waals surface area contributed by atoms with E-state index in [4.69, 9.17) is 10.2 Å². The fourth-order valence-electron chi connectivity index (χ4n) is 1.15.